The molecule has 2 aliphatic carbocycles. The number of imidazole rings is 1. The van der Waals surface area contributed by atoms with E-state index >= 15 is 0 Å². The number of nitrogens with one attached hydrogen (secondary N) is 1. The first kappa shape index (κ1) is 36.8. The molecule has 7 N–H and O–H groups in total. The van der Waals surface area contributed by atoms with Crippen molar-refractivity contribution in [3.05, 3.63) is 40.7 Å². The van der Waals surface area contributed by atoms with Crippen LogP contribution in [0.4, 0.5) is 11.4 Å². The number of aliphatic hydroxyl groups excluding tert-OH is 2. The van der Waals surface area contributed by atoms with Gasteiger partial charge in [-0.05, 0) is 77.0 Å². The first-order valence-corrected chi connectivity index (χ1v) is 16.3. The van der Waals surface area contributed by atoms with Gasteiger partial charge >= 0.3 is 0 Å². The van der Waals surface area contributed by atoms with E-state index in [1.165, 1.54) is 6.92 Å². The fourth-order valence-electron chi connectivity index (χ4n) is 5.83. The zero-order chi connectivity index (χ0) is 33.8. The lowest BCUT2D eigenvalue weighted by Crippen LogP contribution is -2.26. The standard InChI is InChI=1S/C16H19ClN4O.C13H17ClN4.C3H7NO2/c1-10(22)16-20-13-9-19-15(17)8-14(13)21(16)12-4-2-11(3-5-12)6-7-18;14-13-7-12(11(16)8-17-13)18-10-3-1-9(2-4-10)5-6-15;1-2(5)3(4)6/h8-12,22H,2-6H2,1H3;7-10H,1-5,16H2,(H,17,18);2,5H,1H3,(H2,4,6). The van der Waals surface area contributed by atoms with Crippen molar-refractivity contribution < 1.29 is 15.0 Å². The van der Waals surface area contributed by atoms with Gasteiger partial charge in [0.15, 0.2) is 0 Å². The lowest BCUT2D eigenvalue weighted by molar-refractivity contribution is -0.125. The smallest absolute Gasteiger partial charge is 0.245 e. The minimum Gasteiger partial charge on any atom is -0.396 e. The molecule has 1 amide bonds. The van der Waals surface area contributed by atoms with Crippen molar-refractivity contribution in [3.8, 4) is 12.1 Å². The van der Waals surface area contributed by atoms with Crippen LogP contribution in [0.15, 0.2) is 24.5 Å². The van der Waals surface area contributed by atoms with Gasteiger partial charge < -0.3 is 31.6 Å². The molecule has 0 bridgehead atoms. The Morgan fingerprint density at radius 3 is 2.02 bits per heavy atom. The molecular weight excluding hydrogens is 629 g/mol. The number of aliphatic hydroxyl groups is 2. The molecule has 2 aliphatic rings. The minimum atomic E-state index is -1.01. The molecule has 2 fully saturated rings. The van der Waals surface area contributed by atoms with Crippen molar-refractivity contribution in [3.63, 3.8) is 0 Å². The summed E-state index contributed by atoms with van der Waals surface area (Å²) in [5.74, 6) is 1.04. The molecule has 0 spiro atoms. The number of anilines is 2. The number of primary amides is 1. The van der Waals surface area contributed by atoms with Gasteiger partial charge in [0.05, 0.1) is 41.4 Å². The van der Waals surface area contributed by atoms with Gasteiger partial charge in [-0.1, -0.05) is 23.2 Å². The maximum Gasteiger partial charge on any atom is 0.245 e. The highest BCUT2D eigenvalue weighted by atomic mass is 35.5. The third kappa shape index (κ3) is 10.7. The monoisotopic (exact) mass is 671 g/mol. The number of halogens is 2. The number of pyridine rings is 2. The van der Waals surface area contributed by atoms with Crippen LogP contribution in [-0.2, 0) is 4.79 Å². The maximum atomic E-state index is 10.1. The predicted octanol–water partition coefficient (Wildman–Crippen LogP) is 5.84. The first-order valence-electron chi connectivity index (χ1n) is 15.5. The van der Waals surface area contributed by atoms with E-state index in [1.54, 1.807) is 25.4 Å². The number of nitrogen functional groups attached to an aromatic ring is 1. The summed E-state index contributed by atoms with van der Waals surface area (Å²) in [6.07, 6.45) is 11.3. The van der Waals surface area contributed by atoms with Crippen LogP contribution in [0.25, 0.3) is 11.0 Å². The van der Waals surface area contributed by atoms with Crippen LogP contribution in [0, 0.1) is 34.5 Å². The number of rotatable bonds is 7. The summed E-state index contributed by atoms with van der Waals surface area (Å²) in [7, 11) is 0. The van der Waals surface area contributed by atoms with Crippen molar-refractivity contribution in [2.75, 3.05) is 11.1 Å². The normalized spacial score (nSPS) is 22.1. The summed E-state index contributed by atoms with van der Waals surface area (Å²) in [5.41, 5.74) is 13.6. The number of nitriles is 2. The van der Waals surface area contributed by atoms with E-state index in [0.29, 0.717) is 58.6 Å². The largest absolute Gasteiger partial charge is 0.396 e. The van der Waals surface area contributed by atoms with Crippen LogP contribution >= 0.6 is 23.2 Å². The summed E-state index contributed by atoms with van der Waals surface area (Å²) in [6.45, 7) is 3.05. The minimum absolute atomic E-state index is 0.294. The zero-order valence-electron chi connectivity index (χ0n) is 26.2. The Morgan fingerprint density at radius 1 is 0.978 bits per heavy atom. The van der Waals surface area contributed by atoms with E-state index in [4.69, 9.17) is 44.6 Å². The number of nitrogens with two attached hydrogens (primary N) is 2. The lowest BCUT2D eigenvalue weighted by Gasteiger charge is -2.30. The number of nitrogens with zero attached hydrogens (tertiary/aromatic N) is 6. The SMILES string of the molecule is CC(O)C(N)=O.CC(O)c1nc2cnc(Cl)cc2n1C1CCC(CC#N)CC1.N#CCC1CCC(Nc2cc(Cl)ncc2N)CC1. The zero-order valence-corrected chi connectivity index (χ0v) is 27.8. The molecule has 5 rings (SSSR count). The lowest BCUT2D eigenvalue weighted by atomic mass is 9.84. The molecule has 2 saturated carbocycles. The molecule has 2 unspecified atom stereocenters. The Hall–Kier alpha value is -3.68. The number of aromatic nitrogens is 4. The Kier molecular flexibility index (Phi) is 14.3. The molecule has 3 heterocycles. The number of fused-ring (bicyclic) bond motifs is 1. The molecule has 2 atom stereocenters. The van der Waals surface area contributed by atoms with Gasteiger partial charge in [0.2, 0.25) is 5.91 Å². The molecule has 248 valence electrons. The number of carbonyl (C=O) groups excluding carboxylic acids is 1. The van der Waals surface area contributed by atoms with Gasteiger partial charge in [0, 0.05) is 37.1 Å². The highest BCUT2D eigenvalue weighted by Crippen LogP contribution is 2.38. The van der Waals surface area contributed by atoms with Gasteiger partial charge in [-0.2, -0.15) is 10.5 Å². The van der Waals surface area contributed by atoms with Gasteiger partial charge in [-0.3, -0.25) is 4.79 Å². The number of amides is 1. The van der Waals surface area contributed by atoms with E-state index in [-0.39, 0.29) is 0 Å². The summed E-state index contributed by atoms with van der Waals surface area (Å²) >= 11 is 11.9. The Bertz CT molecular complexity index is 1520. The van der Waals surface area contributed by atoms with Crippen molar-refractivity contribution >= 4 is 51.5 Å². The maximum absolute atomic E-state index is 10.1. The van der Waals surface area contributed by atoms with Gasteiger partial charge in [0.1, 0.15) is 33.9 Å². The van der Waals surface area contributed by atoms with E-state index in [9.17, 15) is 9.90 Å². The summed E-state index contributed by atoms with van der Waals surface area (Å²) in [5, 5.41) is 40.0. The molecule has 0 aliphatic heterocycles. The van der Waals surface area contributed by atoms with Crippen LogP contribution in [0.2, 0.25) is 10.3 Å². The molecule has 0 radical (unpaired) electrons. The van der Waals surface area contributed by atoms with E-state index < -0.39 is 18.1 Å². The fraction of sp³-hybridized carbons (Fsp3) is 0.562. The van der Waals surface area contributed by atoms with E-state index in [1.807, 2.05) is 6.07 Å². The topological polar surface area (TPSA) is 213 Å². The Balaban J connectivity index is 0.000000216. The van der Waals surface area contributed by atoms with Crippen LogP contribution in [-0.4, -0.2) is 47.8 Å². The molecule has 14 heteroatoms. The number of hydrogen-bond donors (Lipinski definition) is 5. The predicted molar refractivity (Wildman–Crippen MR) is 179 cm³/mol. The van der Waals surface area contributed by atoms with Crippen LogP contribution in [0.1, 0.15) is 96.0 Å². The third-order valence-corrected chi connectivity index (χ3v) is 8.82. The molecule has 3 aromatic heterocycles. The third-order valence-electron chi connectivity index (χ3n) is 8.40. The van der Waals surface area contributed by atoms with Crippen molar-refractivity contribution in [2.24, 2.45) is 17.6 Å². The van der Waals surface area contributed by atoms with E-state index in [2.05, 4.69) is 42.7 Å². The number of carbonyl (C=O) groups is 1. The van der Waals surface area contributed by atoms with Crippen LogP contribution < -0.4 is 16.8 Å². The molecule has 12 nitrogen and oxygen atoms in total. The Labute approximate surface area is 279 Å². The average molecular weight is 673 g/mol. The average Bonchev–Trinajstić information content (AvgIpc) is 3.40. The fourth-order valence-corrected chi connectivity index (χ4v) is 6.14. The van der Waals surface area contributed by atoms with Gasteiger partial charge in [0.25, 0.3) is 0 Å². The molecular formula is C32H43Cl2N9O3. The summed E-state index contributed by atoms with van der Waals surface area (Å²) < 4.78 is 2.12. The molecule has 0 aromatic carbocycles. The quantitative estimate of drug-likeness (QED) is 0.189. The second kappa shape index (κ2) is 17.9. The first-order chi connectivity index (χ1) is 21.9. The summed E-state index contributed by atoms with van der Waals surface area (Å²) in [4.78, 5) is 22.2. The highest BCUT2D eigenvalue weighted by Gasteiger charge is 2.27. The van der Waals surface area contributed by atoms with Gasteiger partial charge in [-0.15, -0.1) is 0 Å². The second-order valence-electron chi connectivity index (χ2n) is 11.9. The van der Waals surface area contributed by atoms with Crippen molar-refractivity contribution in [1.82, 2.24) is 19.5 Å². The molecule has 0 saturated heterocycles. The molecule has 46 heavy (non-hydrogen) atoms. The van der Waals surface area contributed by atoms with Gasteiger partial charge in [-0.25, -0.2) is 15.0 Å². The molecule has 3 aromatic rings. The van der Waals surface area contributed by atoms with Crippen molar-refractivity contribution in [1.29, 1.82) is 10.5 Å². The Morgan fingerprint density at radius 2 is 1.50 bits per heavy atom. The van der Waals surface area contributed by atoms with Crippen LogP contribution in [0.3, 0.4) is 0 Å². The summed E-state index contributed by atoms with van der Waals surface area (Å²) in [6, 6.07) is 8.81. The second-order valence-corrected chi connectivity index (χ2v) is 12.7. The van der Waals surface area contributed by atoms with Crippen molar-refractivity contribution in [2.45, 2.75) is 102 Å². The van der Waals surface area contributed by atoms with E-state index in [0.717, 1.165) is 68.1 Å². The number of hydrogen-bond acceptors (Lipinski definition) is 10. The highest BCUT2D eigenvalue weighted by molar-refractivity contribution is 6.30. The van der Waals surface area contributed by atoms with Crippen LogP contribution in [0.5, 0.6) is 0 Å².